The summed E-state index contributed by atoms with van der Waals surface area (Å²) in [5, 5.41) is 9.51. The number of carbonyl (C=O) groups excluding carboxylic acids is 1. The van der Waals surface area contributed by atoms with Crippen LogP contribution in [0.2, 0.25) is 0 Å². The molecule has 1 amide bonds. The molecule has 2 fully saturated rings. The first kappa shape index (κ1) is 28.1. The van der Waals surface area contributed by atoms with Crippen molar-refractivity contribution in [3.8, 4) is 0 Å². The summed E-state index contributed by atoms with van der Waals surface area (Å²) in [5.41, 5.74) is 1.53. The van der Waals surface area contributed by atoms with Gasteiger partial charge in [0.15, 0.2) is 0 Å². The molecule has 0 radical (unpaired) electrons. The van der Waals surface area contributed by atoms with Gasteiger partial charge in [-0.05, 0) is 107 Å². The summed E-state index contributed by atoms with van der Waals surface area (Å²) in [7, 11) is -7.43. The third-order valence-electron chi connectivity index (χ3n) is 8.64. The SMILES string of the molecule is CCS(=O)(=O)Nc1ccc2c(c1)C1(CCC3(CC3)CC1)CN2C(=O)c1cccc(S(=O)(=O)NC(C)(C)CO)c1. The molecule has 1 heterocycles. The van der Waals surface area contributed by atoms with Gasteiger partial charge in [-0.3, -0.25) is 9.52 Å². The molecule has 9 nitrogen and oxygen atoms in total. The lowest BCUT2D eigenvalue weighted by molar-refractivity contribution is 0.0980. The standard InChI is InChI=1S/C28H37N3O6S2/c1-4-38(34,35)29-21-8-9-24-23(17-21)28(14-12-27(10-11-27)13-15-28)18-31(24)25(33)20-6-5-7-22(16-20)39(36,37)30-26(2,3)19-32/h5-9,16-17,29-30,32H,4,10-15,18-19H2,1-3H3. The highest BCUT2D eigenvalue weighted by Gasteiger charge is 2.53. The molecule has 2 spiro atoms. The fraction of sp³-hybridized carbons (Fsp3) is 0.536. The van der Waals surface area contributed by atoms with Crippen molar-refractivity contribution < 1.29 is 26.7 Å². The van der Waals surface area contributed by atoms with Crippen LogP contribution in [-0.2, 0) is 25.5 Å². The molecule has 2 saturated carbocycles. The average Bonchev–Trinajstić information content (AvgIpc) is 3.59. The monoisotopic (exact) mass is 575 g/mol. The van der Waals surface area contributed by atoms with Gasteiger partial charge in [0.2, 0.25) is 20.0 Å². The van der Waals surface area contributed by atoms with Crippen molar-refractivity contribution in [2.24, 2.45) is 5.41 Å². The Balaban J connectivity index is 1.49. The third-order valence-corrected chi connectivity index (χ3v) is 11.6. The Bertz CT molecular complexity index is 1500. The number of benzene rings is 2. The minimum atomic E-state index is -3.97. The van der Waals surface area contributed by atoms with Gasteiger partial charge in [0, 0.05) is 28.9 Å². The van der Waals surface area contributed by atoms with Crippen LogP contribution in [-0.4, -0.2) is 52.3 Å². The van der Waals surface area contributed by atoms with E-state index in [1.807, 2.05) is 6.07 Å². The molecule has 1 aliphatic heterocycles. The number of aliphatic hydroxyl groups excluding tert-OH is 1. The van der Waals surface area contributed by atoms with Crippen LogP contribution in [0.5, 0.6) is 0 Å². The Morgan fingerprint density at radius 2 is 1.67 bits per heavy atom. The van der Waals surface area contributed by atoms with Crippen molar-refractivity contribution in [3.05, 3.63) is 53.6 Å². The van der Waals surface area contributed by atoms with Gasteiger partial charge in [-0.2, -0.15) is 0 Å². The second-order valence-corrected chi connectivity index (χ2v) is 15.8. The molecule has 0 aromatic heterocycles. The van der Waals surface area contributed by atoms with E-state index >= 15 is 0 Å². The molecule has 11 heteroatoms. The van der Waals surface area contributed by atoms with E-state index in [-0.39, 0.29) is 34.1 Å². The molecule has 39 heavy (non-hydrogen) atoms. The fourth-order valence-corrected chi connectivity index (χ4v) is 8.02. The van der Waals surface area contributed by atoms with E-state index < -0.39 is 25.6 Å². The van der Waals surface area contributed by atoms with E-state index in [0.717, 1.165) is 36.9 Å². The molecule has 5 rings (SSSR count). The summed E-state index contributed by atoms with van der Waals surface area (Å²) in [5.74, 6) is -0.341. The summed E-state index contributed by atoms with van der Waals surface area (Å²) in [6, 6.07) is 11.3. The van der Waals surface area contributed by atoms with Gasteiger partial charge in [0.1, 0.15) is 0 Å². The molecule has 2 aromatic carbocycles. The lowest BCUT2D eigenvalue weighted by Crippen LogP contribution is -2.46. The van der Waals surface area contributed by atoms with Crippen LogP contribution in [0.4, 0.5) is 11.4 Å². The second kappa shape index (κ2) is 9.57. The van der Waals surface area contributed by atoms with Crippen molar-refractivity contribution in [1.29, 1.82) is 0 Å². The van der Waals surface area contributed by atoms with Gasteiger partial charge in [-0.25, -0.2) is 21.6 Å². The molecule has 2 aliphatic carbocycles. The van der Waals surface area contributed by atoms with E-state index in [1.165, 1.54) is 25.0 Å². The number of fused-ring (bicyclic) bond motifs is 2. The van der Waals surface area contributed by atoms with Crippen LogP contribution >= 0.6 is 0 Å². The summed E-state index contributed by atoms with van der Waals surface area (Å²) in [6.45, 7) is 4.82. The quantitative estimate of drug-likeness (QED) is 0.439. The van der Waals surface area contributed by atoms with Crippen molar-refractivity contribution in [2.45, 2.75) is 75.1 Å². The minimum Gasteiger partial charge on any atom is -0.394 e. The fourth-order valence-electron chi connectivity index (χ4n) is 5.94. The lowest BCUT2D eigenvalue weighted by atomic mass is 9.66. The van der Waals surface area contributed by atoms with Crippen molar-refractivity contribution in [1.82, 2.24) is 4.72 Å². The van der Waals surface area contributed by atoms with Crippen LogP contribution in [0.15, 0.2) is 47.4 Å². The minimum absolute atomic E-state index is 0.0358. The molecule has 3 aliphatic rings. The number of nitrogens with zero attached hydrogens (tertiary/aromatic N) is 1. The van der Waals surface area contributed by atoms with E-state index in [0.29, 0.717) is 17.6 Å². The molecular weight excluding hydrogens is 538 g/mol. The zero-order valence-corrected chi connectivity index (χ0v) is 24.3. The van der Waals surface area contributed by atoms with Gasteiger partial charge in [-0.1, -0.05) is 6.07 Å². The number of amides is 1. The predicted molar refractivity (Wildman–Crippen MR) is 151 cm³/mol. The molecule has 0 atom stereocenters. The maximum Gasteiger partial charge on any atom is 0.258 e. The summed E-state index contributed by atoms with van der Waals surface area (Å²) < 4.78 is 55.6. The number of anilines is 2. The zero-order chi connectivity index (χ0) is 28.3. The van der Waals surface area contributed by atoms with E-state index in [4.69, 9.17) is 0 Å². The number of rotatable bonds is 8. The highest BCUT2D eigenvalue weighted by Crippen LogP contribution is 2.62. The number of hydrogen-bond acceptors (Lipinski definition) is 6. The topological polar surface area (TPSA) is 133 Å². The molecule has 3 N–H and O–H groups in total. The third kappa shape index (κ3) is 5.46. The Kier molecular flexibility index (Phi) is 6.89. The Hall–Kier alpha value is -2.47. The van der Waals surface area contributed by atoms with Crippen LogP contribution < -0.4 is 14.3 Å². The van der Waals surface area contributed by atoms with Crippen LogP contribution in [0.3, 0.4) is 0 Å². The highest BCUT2D eigenvalue weighted by atomic mass is 32.2. The number of nitrogens with one attached hydrogen (secondary N) is 2. The van der Waals surface area contributed by atoms with Gasteiger partial charge in [0.25, 0.3) is 5.91 Å². The Labute approximate surface area is 231 Å². The lowest BCUT2D eigenvalue weighted by Gasteiger charge is -2.38. The van der Waals surface area contributed by atoms with Crippen LogP contribution in [0.25, 0.3) is 0 Å². The maximum atomic E-state index is 13.9. The van der Waals surface area contributed by atoms with Gasteiger partial charge < -0.3 is 10.0 Å². The summed E-state index contributed by atoms with van der Waals surface area (Å²) >= 11 is 0. The van der Waals surface area contributed by atoms with Crippen molar-refractivity contribution in [2.75, 3.05) is 28.5 Å². The zero-order valence-electron chi connectivity index (χ0n) is 22.7. The first-order valence-corrected chi connectivity index (χ1v) is 16.6. The molecule has 0 saturated heterocycles. The van der Waals surface area contributed by atoms with Gasteiger partial charge >= 0.3 is 0 Å². The number of aliphatic hydroxyl groups is 1. The largest absolute Gasteiger partial charge is 0.394 e. The van der Waals surface area contributed by atoms with Gasteiger partial charge in [0.05, 0.1) is 22.8 Å². The molecule has 212 valence electrons. The molecular formula is C28H37N3O6S2. The summed E-state index contributed by atoms with van der Waals surface area (Å²) in [4.78, 5) is 15.6. The van der Waals surface area contributed by atoms with Crippen LogP contribution in [0, 0.1) is 5.41 Å². The smallest absolute Gasteiger partial charge is 0.258 e. The molecule has 2 aromatic rings. The Morgan fingerprint density at radius 3 is 2.28 bits per heavy atom. The Morgan fingerprint density at radius 1 is 1.00 bits per heavy atom. The normalized spacial score (nSPS) is 19.7. The van der Waals surface area contributed by atoms with Crippen molar-refractivity contribution >= 4 is 37.3 Å². The van der Waals surface area contributed by atoms with E-state index in [9.17, 15) is 26.7 Å². The number of carbonyl (C=O) groups is 1. The second-order valence-electron chi connectivity index (χ2n) is 12.1. The average molecular weight is 576 g/mol. The number of hydrogen-bond donors (Lipinski definition) is 3. The predicted octanol–water partition coefficient (Wildman–Crippen LogP) is 3.75. The van der Waals surface area contributed by atoms with Gasteiger partial charge in [-0.15, -0.1) is 0 Å². The first-order chi connectivity index (χ1) is 18.2. The molecule has 0 unspecified atom stereocenters. The molecule has 0 bridgehead atoms. The highest BCUT2D eigenvalue weighted by molar-refractivity contribution is 7.92. The summed E-state index contributed by atoms with van der Waals surface area (Å²) in [6.07, 6.45) is 6.50. The van der Waals surface area contributed by atoms with Crippen molar-refractivity contribution in [3.63, 3.8) is 0 Å². The van der Waals surface area contributed by atoms with E-state index in [1.54, 1.807) is 49.9 Å². The first-order valence-electron chi connectivity index (χ1n) is 13.4. The van der Waals surface area contributed by atoms with E-state index in [2.05, 4.69) is 9.44 Å². The van der Waals surface area contributed by atoms with Crippen LogP contribution in [0.1, 0.15) is 75.2 Å². The number of sulfonamides is 2. The maximum absolute atomic E-state index is 13.9.